The molecule has 25 heavy (non-hydrogen) atoms. The first-order chi connectivity index (χ1) is 12.0. The first-order valence-electron chi connectivity index (χ1n) is 9.61. The maximum atomic E-state index is 10.6. The van der Waals surface area contributed by atoms with E-state index in [1.54, 1.807) is 5.57 Å². The van der Waals surface area contributed by atoms with E-state index in [0.717, 1.165) is 24.2 Å². The van der Waals surface area contributed by atoms with Gasteiger partial charge < -0.3 is 9.84 Å². The quantitative estimate of drug-likeness (QED) is 0.397. The zero-order valence-electron chi connectivity index (χ0n) is 15.0. The summed E-state index contributed by atoms with van der Waals surface area (Å²) in [7, 11) is 0. The second kappa shape index (κ2) is 6.19. The molecule has 6 atom stereocenters. The van der Waals surface area contributed by atoms with Crippen LogP contribution in [0.5, 0.6) is 0 Å². The molecule has 0 bridgehead atoms. The number of ether oxygens (including phenoxy) is 1. The van der Waals surface area contributed by atoms with Crippen molar-refractivity contribution in [1.29, 1.82) is 0 Å². The van der Waals surface area contributed by atoms with Crippen molar-refractivity contribution in [3.8, 4) is 0 Å². The molecule has 134 valence electrons. The van der Waals surface area contributed by atoms with E-state index in [1.165, 1.54) is 43.9 Å². The molecule has 4 aliphatic carbocycles. The van der Waals surface area contributed by atoms with Gasteiger partial charge in [0.1, 0.15) is 0 Å². The average molecular weight is 340 g/mol. The first kappa shape index (κ1) is 16.7. The highest BCUT2D eigenvalue weighted by Crippen LogP contribution is 2.64. The van der Waals surface area contributed by atoms with Crippen molar-refractivity contribution in [2.24, 2.45) is 35.0 Å². The van der Waals surface area contributed by atoms with Crippen LogP contribution in [0.25, 0.3) is 0 Å². The Balaban J connectivity index is 1.59. The maximum absolute atomic E-state index is 10.6. The van der Waals surface area contributed by atoms with E-state index in [0.29, 0.717) is 5.92 Å². The molecule has 0 amide bonds. The smallest absolute Gasteiger partial charge is 0.449 e. The van der Waals surface area contributed by atoms with Gasteiger partial charge in [0.15, 0.2) is 0 Å². The van der Waals surface area contributed by atoms with Crippen molar-refractivity contribution in [2.75, 3.05) is 0 Å². The Morgan fingerprint density at radius 1 is 1.40 bits per heavy atom. The second-order valence-electron chi connectivity index (χ2n) is 8.56. The van der Waals surface area contributed by atoms with E-state index in [2.05, 4.69) is 36.5 Å². The Hall–Kier alpha value is -1.77. The van der Waals surface area contributed by atoms with E-state index < -0.39 is 6.16 Å². The largest absolute Gasteiger partial charge is 0.510 e. The van der Waals surface area contributed by atoms with Gasteiger partial charge in [-0.15, -0.1) is 0 Å². The van der Waals surface area contributed by atoms with Crippen LogP contribution in [0.3, 0.4) is 0 Å². The molecule has 0 heterocycles. The molecular formula is C22H28O3. The number of hydrogen-bond acceptors (Lipinski definition) is 2. The lowest BCUT2D eigenvalue weighted by atomic mass is 9.52. The average Bonchev–Trinajstić information content (AvgIpc) is 2.85. The summed E-state index contributed by atoms with van der Waals surface area (Å²) in [5.74, 6) is 3.20. The van der Waals surface area contributed by atoms with Crippen molar-refractivity contribution in [3.63, 3.8) is 0 Å². The number of hydrogen-bond donors (Lipinski definition) is 1. The van der Waals surface area contributed by atoms with Gasteiger partial charge in [0.2, 0.25) is 0 Å². The number of fused-ring (bicyclic) bond motifs is 5. The summed E-state index contributed by atoms with van der Waals surface area (Å²) < 4.78 is 4.63. The maximum Gasteiger partial charge on any atom is 0.510 e. The Kier molecular flexibility index (Phi) is 4.13. The van der Waals surface area contributed by atoms with Crippen LogP contribution in [0, 0.1) is 35.0 Å². The lowest BCUT2D eigenvalue weighted by Crippen LogP contribution is -2.45. The van der Waals surface area contributed by atoms with Gasteiger partial charge in [-0.1, -0.05) is 37.3 Å². The minimum Gasteiger partial charge on any atom is -0.449 e. The van der Waals surface area contributed by atoms with E-state index in [1.807, 2.05) is 6.08 Å². The molecule has 2 saturated carbocycles. The molecule has 0 saturated heterocycles. The number of rotatable bonds is 2. The van der Waals surface area contributed by atoms with Crippen molar-refractivity contribution in [3.05, 3.63) is 48.3 Å². The third-order valence-corrected chi connectivity index (χ3v) is 7.53. The fraction of sp³-hybridized carbons (Fsp3) is 0.591. The second-order valence-corrected chi connectivity index (χ2v) is 8.56. The molecule has 0 aromatic carbocycles. The molecule has 4 aliphatic rings. The molecule has 1 N–H and O–H groups in total. The first-order valence-corrected chi connectivity index (χ1v) is 9.61. The Morgan fingerprint density at radius 2 is 2.24 bits per heavy atom. The van der Waals surface area contributed by atoms with Crippen molar-refractivity contribution < 1.29 is 14.6 Å². The van der Waals surface area contributed by atoms with Crippen LogP contribution >= 0.6 is 0 Å². The van der Waals surface area contributed by atoms with Gasteiger partial charge in [-0.3, -0.25) is 0 Å². The standard InChI is InChI=1S/C22H28O3/c1-14-13-20-18-8-7-15-5-3-4-6-16(15)17(18)9-11-22(20,2)19(14)10-12-25-21(23)24/h3,5,7,10,12,16-20H,1,4,6,8-9,11,13H2,2H3,(H,23,24)/b12-10-/t16-,17+,18+,19+,20-,22+/m0/s1. The van der Waals surface area contributed by atoms with Crippen LogP contribution in [-0.2, 0) is 4.74 Å². The summed E-state index contributed by atoms with van der Waals surface area (Å²) in [5.41, 5.74) is 3.02. The number of carboxylic acid groups (broad SMARTS) is 1. The minimum atomic E-state index is -1.25. The fourth-order valence-electron chi connectivity index (χ4n) is 6.42. The van der Waals surface area contributed by atoms with Crippen molar-refractivity contribution in [2.45, 2.75) is 45.4 Å². The van der Waals surface area contributed by atoms with Gasteiger partial charge in [0.05, 0.1) is 6.26 Å². The van der Waals surface area contributed by atoms with Crippen LogP contribution in [0.4, 0.5) is 4.79 Å². The SMILES string of the molecule is C=C1C[C@H]2[C@@H]3CC=C4C=CCC[C@@H]4[C@H]3CC[C@]2(C)[C@@H]1/C=C\OC(=O)O. The highest BCUT2D eigenvalue weighted by atomic mass is 16.7. The van der Waals surface area contributed by atoms with Gasteiger partial charge in [0.25, 0.3) is 0 Å². The molecule has 0 radical (unpaired) electrons. The molecule has 3 nitrogen and oxygen atoms in total. The molecule has 0 unspecified atom stereocenters. The normalized spacial score (nSPS) is 42.5. The summed E-state index contributed by atoms with van der Waals surface area (Å²) in [6.07, 6.45) is 16.5. The predicted octanol–water partition coefficient (Wildman–Crippen LogP) is 5.72. The van der Waals surface area contributed by atoms with Crippen LogP contribution in [0.15, 0.2) is 48.3 Å². The molecule has 0 spiro atoms. The van der Waals surface area contributed by atoms with Crippen LogP contribution in [0.2, 0.25) is 0 Å². The van der Waals surface area contributed by atoms with Crippen LogP contribution < -0.4 is 0 Å². The fourth-order valence-corrected chi connectivity index (χ4v) is 6.42. The van der Waals surface area contributed by atoms with Gasteiger partial charge >= 0.3 is 6.16 Å². The summed E-state index contributed by atoms with van der Waals surface area (Å²) in [5, 5.41) is 8.71. The number of carbonyl (C=O) groups is 1. The van der Waals surface area contributed by atoms with Gasteiger partial charge in [-0.2, -0.15) is 0 Å². The molecule has 0 aliphatic heterocycles. The Morgan fingerprint density at radius 3 is 3.04 bits per heavy atom. The minimum absolute atomic E-state index is 0.187. The van der Waals surface area contributed by atoms with Gasteiger partial charge in [-0.05, 0) is 79.3 Å². The zero-order valence-corrected chi connectivity index (χ0v) is 15.0. The predicted molar refractivity (Wildman–Crippen MR) is 97.9 cm³/mol. The van der Waals surface area contributed by atoms with Crippen LogP contribution in [-0.4, -0.2) is 11.3 Å². The van der Waals surface area contributed by atoms with Crippen LogP contribution in [0.1, 0.15) is 45.4 Å². The summed E-state index contributed by atoms with van der Waals surface area (Å²) in [6, 6.07) is 0. The van der Waals surface area contributed by atoms with E-state index in [-0.39, 0.29) is 11.3 Å². The summed E-state index contributed by atoms with van der Waals surface area (Å²) in [6.45, 7) is 6.73. The molecule has 4 rings (SSSR count). The molecule has 2 fully saturated rings. The van der Waals surface area contributed by atoms with E-state index >= 15 is 0 Å². The van der Waals surface area contributed by atoms with Gasteiger partial charge in [-0.25, -0.2) is 4.79 Å². The van der Waals surface area contributed by atoms with Crippen molar-refractivity contribution >= 4 is 6.16 Å². The lowest BCUT2D eigenvalue weighted by molar-refractivity contribution is 0.000475. The third kappa shape index (κ3) is 2.68. The molecule has 0 aromatic rings. The highest BCUT2D eigenvalue weighted by molar-refractivity contribution is 5.57. The number of allylic oxidation sites excluding steroid dienone is 6. The highest BCUT2D eigenvalue weighted by Gasteiger charge is 2.56. The monoisotopic (exact) mass is 340 g/mol. The molecular weight excluding hydrogens is 312 g/mol. The van der Waals surface area contributed by atoms with E-state index in [9.17, 15) is 4.79 Å². The molecule has 0 aromatic heterocycles. The van der Waals surface area contributed by atoms with Crippen molar-refractivity contribution in [1.82, 2.24) is 0 Å². The topological polar surface area (TPSA) is 46.5 Å². The Labute approximate surface area is 150 Å². The third-order valence-electron chi connectivity index (χ3n) is 7.53. The summed E-state index contributed by atoms with van der Waals surface area (Å²) >= 11 is 0. The van der Waals surface area contributed by atoms with Gasteiger partial charge in [0, 0.05) is 5.92 Å². The van der Waals surface area contributed by atoms with E-state index in [4.69, 9.17) is 5.11 Å². The summed E-state index contributed by atoms with van der Waals surface area (Å²) in [4.78, 5) is 10.6. The Bertz CT molecular complexity index is 671. The lowest BCUT2D eigenvalue weighted by Gasteiger charge is -2.52. The molecule has 3 heteroatoms. The zero-order chi connectivity index (χ0) is 17.6.